The maximum atomic E-state index is 3.28. The SMILES string of the molecule is Cn1cccc1CC1CNC1. The van der Waals surface area contributed by atoms with E-state index in [1.54, 1.807) is 0 Å². The number of nitrogens with one attached hydrogen (secondary N) is 1. The van der Waals surface area contributed by atoms with Crippen molar-refractivity contribution in [1.82, 2.24) is 9.88 Å². The quantitative estimate of drug-likeness (QED) is 0.659. The van der Waals surface area contributed by atoms with Gasteiger partial charge in [0.15, 0.2) is 0 Å². The summed E-state index contributed by atoms with van der Waals surface area (Å²) in [5.74, 6) is 0.878. The van der Waals surface area contributed by atoms with E-state index in [2.05, 4.69) is 35.3 Å². The lowest BCUT2D eigenvalue weighted by atomic mass is 9.97. The molecule has 1 fully saturated rings. The fraction of sp³-hybridized carbons (Fsp3) is 0.556. The Bertz CT molecular complexity index is 235. The highest BCUT2D eigenvalue weighted by Gasteiger charge is 2.17. The molecule has 0 radical (unpaired) electrons. The van der Waals surface area contributed by atoms with Gasteiger partial charge in [-0.2, -0.15) is 0 Å². The molecule has 0 bridgehead atoms. The summed E-state index contributed by atoms with van der Waals surface area (Å²) >= 11 is 0. The Hall–Kier alpha value is -0.760. The molecule has 0 atom stereocenters. The van der Waals surface area contributed by atoms with E-state index in [9.17, 15) is 0 Å². The van der Waals surface area contributed by atoms with Crippen molar-refractivity contribution < 1.29 is 0 Å². The zero-order valence-electron chi connectivity index (χ0n) is 6.88. The molecular formula is C9H14N2. The van der Waals surface area contributed by atoms with Crippen LogP contribution in [0.3, 0.4) is 0 Å². The molecule has 2 heterocycles. The minimum atomic E-state index is 0.878. The van der Waals surface area contributed by atoms with Crippen LogP contribution in [0.5, 0.6) is 0 Å². The first-order chi connectivity index (χ1) is 5.36. The van der Waals surface area contributed by atoms with Gasteiger partial charge in [-0.3, -0.25) is 0 Å². The number of nitrogens with zero attached hydrogens (tertiary/aromatic N) is 1. The van der Waals surface area contributed by atoms with Gasteiger partial charge in [-0.05, 0) is 37.6 Å². The molecular weight excluding hydrogens is 136 g/mol. The summed E-state index contributed by atoms with van der Waals surface area (Å²) in [4.78, 5) is 0. The topological polar surface area (TPSA) is 17.0 Å². The number of aromatic nitrogens is 1. The smallest absolute Gasteiger partial charge is 0.0175 e. The highest BCUT2D eigenvalue weighted by atomic mass is 15.0. The molecule has 1 aliphatic heterocycles. The number of hydrogen-bond donors (Lipinski definition) is 1. The van der Waals surface area contributed by atoms with E-state index in [0.717, 1.165) is 5.92 Å². The lowest BCUT2D eigenvalue weighted by Gasteiger charge is -2.27. The molecule has 0 spiro atoms. The summed E-state index contributed by atoms with van der Waals surface area (Å²) in [6.45, 7) is 2.40. The monoisotopic (exact) mass is 150 g/mol. The van der Waals surface area contributed by atoms with Gasteiger partial charge >= 0.3 is 0 Å². The second-order valence-corrected chi connectivity index (χ2v) is 3.34. The van der Waals surface area contributed by atoms with Gasteiger partial charge in [0, 0.05) is 18.9 Å². The Balaban J connectivity index is 1.99. The van der Waals surface area contributed by atoms with Crippen molar-refractivity contribution in [1.29, 1.82) is 0 Å². The maximum Gasteiger partial charge on any atom is 0.0175 e. The van der Waals surface area contributed by atoms with Crippen LogP contribution >= 0.6 is 0 Å². The van der Waals surface area contributed by atoms with Crippen molar-refractivity contribution in [3.63, 3.8) is 0 Å². The molecule has 0 aromatic carbocycles. The molecule has 0 unspecified atom stereocenters. The maximum absolute atomic E-state index is 3.28. The van der Waals surface area contributed by atoms with E-state index in [1.165, 1.54) is 25.2 Å². The summed E-state index contributed by atoms with van der Waals surface area (Å²) in [5.41, 5.74) is 1.46. The van der Waals surface area contributed by atoms with E-state index in [0.29, 0.717) is 0 Å². The van der Waals surface area contributed by atoms with Crippen LogP contribution in [0.4, 0.5) is 0 Å². The van der Waals surface area contributed by atoms with Gasteiger partial charge in [0.05, 0.1) is 0 Å². The van der Waals surface area contributed by atoms with Crippen LogP contribution in [0.1, 0.15) is 5.69 Å². The highest BCUT2D eigenvalue weighted by Crippen LogP contribution is 2.11. The number of aryl methyl sites for hydroxylation is 1. The van der Waals surface area contributed by atoms with Gasteiger partial charge in [-0.15, -0.1) is 0 Å². The molecule has 2 rings (SSSR count). The average molecular weight is 150 g/mol. The van der Waals surface area contributed by atoms with E-state index in [-0.39, 0.29) is 0 Å². The third kappa shape index (κ3) is 1.31. The van der Waals surface area contributed by atoms with Crippen molar-refractivity contribution >= 4 is 0 Å². The minimum Gasteiger partial charge on any atom is -0.354 e. The summed E-state index contributed by atoms with van der Waals surface area (Å²) in [7, 11) is 2.11. The van der Waals surface area contributed by atoms with Crippen LogP contribution in [0.2, 0.25) is 0 Å². The zero-order valence-corrected chi connectivity index (χ0v) is 6.88. The van der Waals surface area contributed by atoms with E-state index in [1.807, 2.05) is 0 Å². The van der Waals surface area contributed by atoms with Crippen LogP contribution in [-0.2, 0) is 13.5 Å². The predicted molar refractivity (Wildman–Crippen MR) is 45.5 cm³/mol. The van der Waals surface area contributed by atoms with Crippen LogP contribution in [0.25, 0.3) is 0 Å². The van der Waals surface area contributed by atoms with Crippen molar-refractivity contribution in [2.75, 3.05) is 13.1 Å². The summed E-state index contributed by atoms with van der Waals surface area (Å²) in [6, 6.07) is 4.32. The zero-order chi connectivity index (χ0) is 7.68. The fourth-order valence-corrected chi connectivity index (χ4v) is 1.50. The lowest BCUT2D eigenvalue weighted by Crippen LogP contribution is -2.43. The number of rotatable bonds is 2. The van der Waals surface area contributed by atoms with E-state index >= 15 is 0 Å². The Kier molecular flexibility index (Phi) is 1.70. The molecule has 0 saturated carbocycles. The van der Waals surface area contributed by atoms with Crippen molar-refractivity contribution in [3.05, 3.63) is 24.0 Å². The molecule has 2 heteroatoms. The van der Waals surface area contributed by atoms with Gasteiger partial charge in [-0.1, -0.05) is 0 Å². The Morgan fingerprint density at radius 2 is 2.45 bits per heavy atom. The fourth-order valence-electron chi connectivity index (χ4n) is 1.50. The van der Waals surface area contributed by atoms with E-state index < -0.39 is 0 Å². The highest BCUT2D eigenvalue weighted by molar-refractivity contribution is 5.08. The van der Waals surface area contributed by atoms with Crippen LogP contribution < -0.4 is 5.32 Å². The van der Waals surface area contributed by atoms with Crippen LogP contribution in [-0.4, -0.2) is 17.7 Å². The molecule has 1 N–H and O–H groups in total. The summed E-state index contributed by atoms with van der Waals surface area (Å²) in [6.07, 6.45) is 3.35. The molecule has 2 nitrogen and oxygen atoms in total. The molecule has 0 aliphatic carbocycles. The van der Waals surface area contributed by atoms with Crippen molar-refractivity contribution in [2.24, 2.45) is 13.0 Å². The first-order valence-corrected chi connectivity index (χ1v) is 4.17. The third-order valence-corrected chi connectivity index (χ3v) is 2.42. The Morgan fingerprint density at radius 1 is 1.64 bits per heavy atom. The first kappa shape index (κ1) is 6.92. The second-order valence-electron chi connectivity index (χ2n) is 3.34. The van der Waals surface area contributed by atoms with Gasteiger partial charge in [0.2, 0.25) is 0 Å². The number of hydrogen-bond acceptors (Lipinski definition) is 1. The Morgan fingerprint density at radius 3 is 2.91 bits per heavy atom. The average Bonchev–Trinajstić information content (AvgIpc) is 2.27. The van der Waals surface area contributed by atoms with Gasteiger partial charge < -0.3 is 9.88 Å². The van der Waals surface area contributed by atoms with Crippen LogP contribution in [0, 0.1) is 5.92 Å². The predicted octanol–water partition coefficient (Wildman–Crippen LogP) is 0.787. The molecule has 0 amide bonds. The van der Waals surface area contributed by atoms with Crippen molar-refractivity contribution in [2.45, 2.75) is 6.42 Å². The first-order valence-electron chi connectivity index (χ1n) is 4.17. The lowest BCUT2D eigenvalue weighted by molar-refractivity contribution is 0.341. The molecule has 1 aromatic rings. The molecule has 11 heavy (non-hydrogen) atoms. The third-order valence-electron chi connectivity index (χ3n) is 2.42. The normalized spacial score (nSPS) is 18.3. The standard InChI is InChI=1S/C9H14N2/c1-11-4-2-3-9(11)5-8-6-10-7-8/h2-4,8,10H,5-7H2,1H3. The van der Waals surface area contributed by atoms with Gasteiger partial charge in [-0.25, -0.2) is 0 Å². The van der Waals surface area contributed by atoms with Crippen LogP contribution in [0.15, 0.2) is 18.3 Å². The summed E-state index contributed by atoms with van der Waals surface area (Å²) in [5, 5.41) is 3.28. The molecule has 60 valence electrons. The largest absolute Gasteiger partial charge is 0.354 e. The van der Waals surface area contributed by atoms with Crippen molar-refractivity contribution in [3.8, 4) is 0 Å². The minimum absolute atomic E-state index is 0.878. The second kappa shape index (κ2) is 2.70. The molecule has 1 aromatic heterocycles. The molecule has 1 saturated heterocycles. The molecule has 1 aliphatic rings. The van der Waals surface area contributed by atoms with Gasteiger partial charge in [0.1, 0.15) is 0 Å². The van der Waals surface area contributed by atoms with E-state index in [4.69, 9.17) is 0 Å². The summed E-state index contributed by atoms with van der Waals surface area (Å²) < 4.78 is 2.21. The van der Waals surface area contributed by atoms with Gasteiger partial charge in [0.25, 0.3) is 0 Å². The Labute approximate surface area is 67.2 Å².